The number of hydrogen-bond acceptors (Lipinski definition) is 7. The third kappa shape index (κ3) is 5.50. The Morgan fingerprint density at radius 2 is 1.83 bits per heavy atom. The van der Waals surface area contributed by atoms with E-state index in [2.05, 4.69) is 25.9 Å². The Morgan fingerprint density at radius 3 is 2.56 bits per heavy atom. The van der Waals surface area contributed by atoms with Crippen molar-refractivity contribution in [2.24, 2.45) is 0 Å². The number of hydrogen-bond donors (Lipinski definition) is 2. The molecule has 2 aromatic carbocycles. The summed E-state index contributed by atoms with van der Waals surface area (Å²) in [5, 5.41) is 1.00. The maximum atomic E-state index is 12.7. The van der Waals surface area contributed by atoms with Crippen LogP contribution in [0, 0.1) is 0 Å². The first-order valence-electron chi connectivity index (χ1n) is 12.0. The minimum absolute atomic E-state index is 0.202. The number of nitrogens with one attached hydrogen (secondary N) is 1. The number of nitrogen functional groups attached to an aromatic ring is 1. The number of anilines is 1. The van der Waals surface area contributed by atoms with Crippen molar-refractivity contribution in [1.82, 2.24) is 19.3 Å². The number of methoxy groups -OCH3 is 1. The predicted octanol–water partition coefficient (Wildman–Crippen LogP) is 3.59. The summed E-state index contributed by atoms with van der Waals surface area (Å²) in [7, 11) is -2.27. The van der Waals surface area contributed by atoms with Crippen molar-refractivity contribution in [3.63, 3.8) is 0 Å². The van der Waals surface area contributed by atoms with Crippen LogP contribution >= 0.6 is 0 Å². The molecule has 0 atom stereocenters. The molecule has 9 nitrogen and oxygen atoms in total. The van der Waals surface area contributed by atoms with Gasteiger partial charge in [0.15, 0.2) is 5.82 Å². The van der Waals surface area contributed by atoms with Crippen molar-refractivity contribution in [3.05, 3.63) is 59.9 Å². The van der Waals surface area contributed by atoms with E-state index in [-0.39, 0.29) is 17.3 Å². The Balaban J connectivity index is 1.38. The van der Waals surface area contributed by atoms with Crippen LogP contribution in [-0.2, 0) is 38.9 Å². The number of nitrogens with two attached hydrogens (primary N) is 1. The fraction of sp³-hybridized carbons (Fsp3) is 0.346. The van der Waals surface area contributed by atoms with Crippen LogP contribution in [0.3, 0.4) is 0 Å². The maximum Gasteiger partial charge on any atom is 0.305 e. The van der Waals surface area contributed by atoms with E-state index in [4.69, 9.17) is 10.7 Å². The first-order valence-corrected chi connectivity index (χ1v) is 13.5. The van der Waals surface area contributed by atoms with Gasteiger partial charge in [-0.05, 0) is 43.0 Å². The second-order valence-corrected chi connectivity index (χ2v) is 10.3. The Bertz CT molecular complexity index is 1480. The number of unbranched alkanes of at least 4 members (excludes halogenated alkanes) is 1. The van der Waals surface area contributed by atoms with E-state index in [1.807, 2.05) is 24.3 Å². The van der Waals surface area contributed by atoms with Crippen LogP contribution in [0.15, 0.2) is 53.4 Å². The fourth-order valence-electron chi connectivity index (χ4n) is 4.28. The van der Waals surface area contributed by atoms with E-state index >= 15 is 0 Å². The number of benzene rings is 2. The summed E-state index contributed by atoms with van der Waals surface area (Å²) in [5.74, 6) is 1.06. The molecule has 2 heterocycles. The molecule has 0 radical (unpaired) electrons. The Hall–Kier alpha value is -3.50. The van der Waals surface area contributed by atoms with Gasteiger partial charge in [-0.1, -0.05) is 37.3 Å². The molecule has 36 heavy (non-hydrogen) atoms. The molecule has 0 saturated carbocycles. The van der Waals surface area contributed by atoms with Gasteiger partial charge in [-0.15, -0.1) is 0 Å². The van der Waals surface area contributed by atoms with E-state index in [0.717, 1.165) is 40.6 Å². The molecule has 4 aromatic rings. The van der Waals surface area contributed by atoms with Crippen LogP contribution in [0.25, 0.3) is 21.9 Å². The monoisotopic (exact) mass is 509 g/mol. The summed E-state index contributed by atoms with van der Waals surface area (Å²) >= 11 is 0. The van der Waals surface area contributed by atoms with Crippen LogP contribution in [0.1, 0.15) is 37.6 Å². The fourth-order valence-corrected chi connectivity index (χ4v) is 5.36. The number of carbonyl (C=O) groups is 1. The average Bonchev–Trinajstić information content (AvgIpc) is 3.27. The highest BCUT2D eigenvalue weighted by Crippen LogP contribution is 2.29. The number of para-hydroxylation sites is 1. The van der Waals surface area contributed by atoms with E-state index in [1.165, 1.54) is 7.11 Å². The molecule has 0 aliphatic rings. The summed E-state index contributed by atoms with van der Waals surface area (Å²) in [4.78, 5) is 20.7. The third-order valence-corrected chi connectivity index (χ3v) is 7.66. The molecular weight excluding hydrogens is 478 g/mol. The Morgan fingerprint density at radius 1 is 1.08 bits per heavy atom. The lowest BCUT2D eigenvalue weighted by atomic mass is 10.1. The van der Waals surface area contributed by atoms with Crippen LogP contribution in [0.5, 0.6) is 0 Å². The number of nitrogens with zero attached hydrogens (tertiary/aromatic N) is 3. The number of ether oxygens (including phenoxy) is 1. The van der Waals surface area contributed by atoms with Crippen molar-refractivity contribution >= 4 is 43.7 Å². The lowest BCUT2D eigenvalue weighted by Gasteiger charge is -2.11. The topological polar surface area (TPSA) is 129 Å². The quantitative estimate of drug-likeness (QED) is 0.233. The van der Waals surface area contributed by atoms with Crippen LogP contribution < -0.4 is 10.5 Å². The highest BCUT2D eigenvalue weighted by molar-refractivity contribution is 7.89. The molecule has 4 rings (SSSR count). The van der Waals surface area contributed by atoms with Gasteiger partial charge in [0.25, 0.3) is 0 Å². The highest BCUT2D eigenvalue weighted by Gasteiger charge is 2.17. The first-order chi connectivity index (χ1) is 17.3. The van der Waals surface area contributed by atoms with E-state index in [1.54, 1.807) is 24.3 Å². The number of rotatable bonds is 11. The number of esters is 1. The highest BCUT2D eigenvalue weighted by atomic mass is 32.2. The van der Waals surface area contributed by atoms with Gasteiger partial charge in [-0.25, -0.2) is 23.1 Å². The van der Waals surface area contributed by atoms with Crippen molar-refractivity contribution in [2.45, 2.75) is 50.5 Å². The summed E-state index contributed by atoms with van der Waals surface area (Å²) < 4.78 is 34.9. The normalized spacial score (nSPS) is 11.8. The lowest BCUT2D eigenvalue weighted by Crippen LogP contribution is -2.25. The molecule has 0 spiro atoms. The zero-order valence-corrected chi connectivity index (χ0v) is 21.3. The minimum atomic E-state index is -3.61. The number of aryl methyl sites for hydroxylation is 3. The maximum absolute atomic E-state index is 12.7. The molecule has 0 saturated heterocycles. The number of imidazole rings is 1. The second-order valence-electron chi connectivity index (χ2n) is 8.57. The number of sulfonamides is 1. The number of pyridine rings is 1. The average molecular weight is 510 g/mol. The molecule has 0 bridgehead atoms. The van der Waals surface area contributed by atoms with Gasteiger partial charge in [-0.2, -0.15) is 0 Å². The van der Waals surface area contributed by atoms with Crippen LogP contribution in [-0.4, -0.2) is 42.6 Å². The van der Waals surface area contributed by atoms with Crippen molar-refractivity contribution in [3.8, 4) is 0 Å². The van der Waals surface area contributed by atoms with E-state index in [0.29, 0.717) is 37.3 Å². The standard InChI is InChI=1S/C26H31N5O4S/c1-3-22-30-24-25(20-8-4-5-9-21(20)29-26(24)27)31(22)17-7-6-16-28-36(33,34)19-13-10-18(11-14-19)12-15-23(32)35-2/h4-5,8-11,13-14,28H,3,6-7,12,15-17H2,1-2H3,(H2,27,29). The van der Waals surface area contributed by atoms with Gasteiger partial charge in [0.1, 0.15) is 11.3 Å². The smallest absolute Gasteiger partial charge is 0.305 e. The van der Waals surface area contributed by atoms with Crippen LogP contribution in [0.2, 0.25) is 0 Å². The number of fused-ring (bicyclic) bond motifs is 3. The first kappa shape index (κ1) is 25.6. The molecule has 0 aliphatic heterocycles. The van der Waals surface area contributed by atoms with Crippen molar-refractivity contribution < 1.29 is 17.9 Å². The van der Waals surface area contributed by atoms with Crippen LogP contribution in [0.4, 0.5) is 5.82 Å². The lowest BCUT2D eigenvalue weighted by molar-refractivity contribution is -0.140. The van der Waals surface area contributed by atoms with E-state index < -0.39 is 10.0 Å². The Kier molecular flexibility index (Phi) is 7.85. The number of aromatic nitrogens is 3. The zero-order valence-electron chi connectivity index (χ0n) is 20.5. The molecule has 0 amide bonds. The predicted molar refractivity (Wildman–Crippen MR) is 140 cm³/mol. The van der Waals surface area contributed by atoms with Gasteiger partial charge >= 0.3 is 5.97 Å². The van der Waals surface area contributed by atoms with Gasteiger partial charge in [0, 0.05) is 31.3 Å². The Labute approximate surface area is 210 Å². The molecule has 190 valence electrons. The summed E-state index contributed by atoms with van der Waals surface area (Å²) in [6.45, 7) is 3.08. The van der Waals surface area contributed by atoms with Gasteiger partial charge < -0.3 is 15.0 Å². The minimum Gasteiger partial charge on any atom is -0.469 e. The molecule has 0 aliphatic carbocycles. The molecule has 0 fully saturated rings. The molecular formula is C26H31N5O4S. The molecule has 2 aromatic heterocycles. The summed E-state index contributed by atoms with van der Waals surface area (Å²) in [5.41, 5.74) is 9.59. The molecule has 0 unspecified atom stereocenters. The summed E-state index contributed by atoms with van der Waals surface area (Å²) in [6.07, 6.45) is 2.94. The SMILES string of the molecule is CCc1nc2c(N)nc3ccccc3c2n1CCCCNS(=O)(=O)c1ccc(CCC(=O)OC)cc1. The molecule has 3 N–H and O–H groups in total. The largest absolute Gasteiger partial charge is 0.469 e. The van der Waals surface area contributed by atoms with E-state index in [9.17, 15) is 13.2 Å². The van der Waals surface area contributed by atoms with Gasteiger partial charge in [0.05, 0.1) is 23.0 Å². The van der Waals surface area contributed by atoms with Gasteiger partial charge in [-0.3, -0.25) is 4.79 Å². The zero-order chi connectivity index (χ0) is 25.7. The van der Waals surface area contributed by atoms with Crippen molar-refractivity contribution in [2.75, 3.05) is 19.4 Å². The van der Waals surface area contributed by atoms with Gasteiger partial charge in [0.2, 0.25) is 10.0 Å². The number of carbonyl (C=O) groups excluding carboxylic acids is 1. The summed E-state index contributed by atoms with van der Waals surface area (Å²) in [6, 6.07) is 14.4. The third-order valence-electron chi connectivity index (χ3n) is 6.19. The van der Waals surface area contributed by atoms with Crippen molar-refractivity contribution in [1.29, 1.82) is 0 Å². The molecule has 10 heteroatoms. The second kappa shape index (κ2) is 11.0.